The molecular formula is C16H27NO6S. The first-order valence-electron chi connectivity index (χ1n) is 7.66. The number of hydrogen-bond donors (Lipinski definition) is 3. The van der Waals surface area contributed by atoms with Crippen LogP contribution in [0.25, 0.3) is 0 Å². The molecule has 0 aliphatic heterocycles. The van der Waals surface area contributed by atoms with Crippen molar-refractivity contribution in [2.75, 3.05) is 14.2 Å². The molecule has 0 aliphatic carbocycles. The van der Waals surface area contributed by atoms with E-state index in [4.69, 9.17) is 14.7 Å². The number of carboxylic acids is 1. The molecule has 7 nitrogen and oxygen atoms in total. The van der Waals surface area contributed by atoms with Crippen LogP contribution in [0.15, 0.2) is 23.1 Å². The van der Waals surface area contributed by atoms with Gasteiger partial charge in [0.25, 0.3) is 0 Å². The van der Waals surface area contributed by atoms with E-state index >= 15 is 0 Å². The predicted octanol–water partition coefficient (Wildman–Crippen LogP) is 2.57. The zero-order valence-corrected chi connectivity index (χ0v) is 15.2. The number of hydrogen-bond acceptors (Lipinski definition) is 6. The molecule has 4 N–H and O–H groups in total. The van der Waals surface area contributed by atoms with Crippen LogP contribution in [-0.2, 0) is 15.6 Å². The lowest BCUT2D eigenvalue weighted by Crippen LogP contribution is -2.25. The first kappa shape index (κ1) is 22.4. The molecule has 24 heavy (non-hydrogen) atoms. The van der Waals surface area contributed by atoms with Gasteiger partial charge in [0.2, 0.25) is 0 Å². The molecule has 2 atom stereocenters. The molecule has 0 saturated carbocycles. The summed E-state index contributed by atoms with van der Waals surface area (Å²) in [6.45, 7) is 2.09. The molecule has 0 fully saturated rings. The van der Waals surface area contributed by atoms with Gasteiger partial charge >= 0.3 is 5.97 Å². The fourth-order valence-corrected chi connectivity index (χ4v) is 3.50. The van der Waals surface area contributed by atoms with Crippen LogP contribution < -0.4 is 15.4 Å². The van der Waals surface area contributed by atoms with Crippen LogP contribution in [0.3, 0.4) is 0 Å². The molecule has 8 heteroatoms. The Morgan fingerprint density at radius 2 is 1.79 bits per heavy atom. The van der Waals surface area contributed by atoms with E-state index in [1.165, 1.54) is 14.2 Å². The van der Waals surface area contributed by atoms with Crippen molar-refractivity contribution >= 4 is 16.8 Å². The fraction of sp³-hybridized carbons (Fsp3) is 0.562. The molecule has 0 amide bonds. The first-order chi connectivity index (χ1) is 11.5. The average molecular weight is 361 g/mol. The van der Waals surface area contributed by atoms with E-state index in [0.29, 0.717) is 22.8 Å². The lowest BCUT2D eigenvalue weighted by Gasteiger charge is -2.14. The normalized spacial score (nSPS) is 12.5. The summed E-state index contributed by atoms with van der Waals surface area (Å²) in [7, 11) is 1.39. The number of ether oxygens (including phenoxy) is 2. The van der Waals surface area contributed by atoms with Gasteiger partial charge in [-0.25, -0.2) is 5.90 Å². The third-order valence-corrected chi connectivity index (χ3v) is 5.11. The molecule has 0 bridgehead atoms. The van der Waals surface area contributed by atoms with Crippen LogP contribution in [0.5, 0.6) is 11.5 Å². The van der Waals surface area contributed by atoms with E-state index in [9.17, 15) is 14.1 Å². The Morgan fingerprint density at radius 1 is 1.17 bits per heavy atom. The Hall–Kier alpha value is -1.64. The van der Waals surface area contributed by atoms with Gasteiger partial charge < -0.3 is 19.8 Å². The van der Waals surface area contributed by atoms with E-state index in [2.05, 4.69) is 12.8 Å². The van der Waals surface area contributed by atoms with Crippen molar-refractivity contribution in [1.29, 1.82) is 0 Å². The molecule has 0 aliphatic rings. The minimum Gasteiger partial charge on any atom is -0.493 e. The number of carboxylic acid groups (broad SMARTS) is 1. The molecule has 2 unspecified atom stereocenters. The number of nitrogens with two attached hydrogens (primary N) is 1. The van der Waals surface area contributed by atoms with Gasteiger partial charge in [0.1, 0.15) is 5.25 Å². The van der Waals surface area contributed by atoms with Gasteiger partial charge in [-0.05, 0) is 18.6 Å². The van der Waals surface area contributed by atoms with Crippen molar-refractivity contribution in [3.05, 3.63) is 18.2 Å². The number of methoxy groups -OCH3 is 2. The molecule has 0 aromatic heterocycles. The van der Waals surface area contributed by atoms with Gasteiger partial charge in [0.05, 0.1) is 25.0 Å². The Balaban J connectivity index is 0.00000254. The second kappa shape index (κ2) is 12.7. The Bertz CT molecular complexity index is 523. The standard InChI is InChI=1S/C16H24O5S.H3NO/c1-4-5-6-7-8-15(16(17)18)22(19)12-9-10-13(20-2)14(11-12)21-3;1-2/h9-11,15H,4-8H2,1-3H3,(H,17,18);2H,1H2. The molecule has 1 aromatic rings. The number of carbonyl (C=O) groups is 1. The molecule has 1 rings (SSSR count). The van der Waals surface area contributed by atoms with E-state index in [1.54, 1.807) is 18.2 Å². The Morgan fingerprint density at radius 3 is 2.29 bits per heavy atom. The van der Waals surface area contributed by atoms with Crippen LogP contribution in [0.4, 0.5) is 0 Å². The second-order valence-corrected chi connectivity index (χ2v) is 6.63. The highest BCUT2D eigenvalue weighted by atomic mass is 32.2. The molecule has 0 spiro atoms. The zero-order chi connectivity index (χ0) is 18.5. The SMILES string of the molecule is CCCCCCC(C(=O)O)S(=O)c1ccc(OC)c(OC)c1.NO. The molecule has 1 aromatic carbocycles. The van der Waals surface area contributed by atoms with E-state index in [-0.39, 0.29) is 0 Å². The number of unbranched alkanes of at least 4 members (excludes halogenated alkanes) is 3. The first-order valence-corrected chi connectivity index (χ1v) is 8.87. The predicted molar refractivity (Wildman–Crippen MR) is 92.1 cm³/mol. The van der Waals surface area contributed by atoms with Gasteiger partial charge in [0.15, 0.2) is 11.5 Å². The zero-order valence-electron chi connectivity index (χ0n) is 14.4. The van der Waals surface area contributed by atoms with Crippen molar-refractivity contribution in [1.82, 2.24) is 0 Å². The summed E-state index contributed by atoms with van der Waals surface area (Å²) in [6, 6.07) is 4.85. The molecule has 0 radical (unpaired) electrons. The third kappa shape index (κ3) is 6.86. The van der Waals surface area contributed by atoms with Crippen molar-refractivity contribution in [3.63, 3.8) is 0 Å². The second-order valence-electron chi connectivity index (χ2n) is 4.99. The van der Waals surface area contributed by atoms with Gasteiger partial charge in [-0.15, -0.1) is 0 Å². The maximum Gasteiger partial charge on any atom is 0.319 e. The van der Waals surface area contributed by atoms with Crippen molar-refractivity contribution in [3.8, 4) is 11.5 Å². The maximum absolute atomic E-state index is 12.6. The molecule has 0 heterocycles. The Labute approximate surface area is 145 Å². The maximum atomic E-state index is 12.6. The number of aliphatic carboxylic acids is 1. The summed E-state index contributed by atoms with van der Waals surface area (Å²) < 4.78 is 22.9. The summed E-state index contributed by atoms with van der Waals surface area (Å²) >= 11 is 0. The summed E-state index contributed by atoms with van der Waals surface area (Å²) in [6.07, 6.45) is 4.29. The summed E-state index contributed by atoms with van der Waals surface area (Å²) in [5.41, 5.74) is 0. The van der Waals surface area contributed by atoms with Gasteiger partial charge in [-0.1, -0.05) is 32.6 Å². The number of rotatable bonds is 10. The van der Waals surface area contributed by atoms with E-state index in [0.717, 1.165) is 25.7 Å². The minimum absolute atomic E-state index is 0.413. The van der Waals surface area contributed by atoms with Gasteiger partial charge in [-0.3, -0.25) is 9.00 Å². The monoisotopic (exact) mass is 361 g/mol. The lowest BCUT2D eigenvalue weighted by molar-refractivity contribution is -0.136. The third-order valence-electron chi connectivity index (χ3n) is 3.44. The van der Waals surface area contributed by atoms with Crippen LogP contribution in [0.1, 0.15) is 39.0 Å². The van der Waals surface area contributed by atoms with Crippen molar-refractivity contribution < 1.29 is 28.8 Å². The van der Waals surface area contributed by atoms with E-state index < -0.39 is 22.0 Å². The Kier molecular flexibility index (Phi) is 11.9. The van der Waals surface area contributed by atoms with E-state index in [1.807, 2.05) is 0 Å². The summed E-state index contributed by atoms with van der Waals surface area (Å²) in [5.74, 6) is 3.45. The van der Waals surface area contributed by atoms with Crippen LogP contribution in [0.2, 0.25) is 0 Å². The topological polar surface area (TPSA) is 119 Å². The highest BCUT2D eigenvalue weighted by molar-refractivity contribution is 7.86. The quantitative estimate of drug-likeness (QED) is 0.433. The smallest absolute Gasteiger partial charge is 0.319 e. The minimum atomic E-state index is -1.61. The van der Waals surface area contributed by atoms with Crippen LogP contribution in [0, 0.1) is 0 Å². The molecule has 0 saturated heterocycles. The van der Waals surface area contributed by atoms with Crippen LogP contribution >= 0.6 is 0 Å². The highest BCUT2D eigenvalue weighted by Crippen LogP contribution is 2.30. The highest BCUT2D eigenvalue weighted by Gasteiger charge is 2.26. The fourth-order valence-electron chi connectivity index (χ4n) is 2.18. The average Bonchev–Trinajstić information content (AvgIpc) is 2.62. The van der Waals surface area contributed by atoms with Crippen LogP contribution in [-0.4, -0.2) is 40.0 Å². The van der Waals surface area contributed by atoms with Crippen molar-refractivity contribution in [2.24, 2.45) is 5.90 Å². The van der Waals surface area contributed by atoms with Gasteiger partial charge in [-0.2, -0.15) is 0 Å². The molecule has 138 valence electrons. The largest absolute Gasteiger partial charge is 0.493 e. The molecular weight excluding hydrogens is 334 g/mol. The van der Waals surface area contributed by atoms with Gasteiger partial charge in [0, 0.05) is 11.0 Å². The lowest BCUT2D eigenvalue weighted by atomic mass is 10.1. The summed E-state index contributed by atoms with van der Waals surface area (Å²) in [4.78, 5) is 11.9. The number of benzene rings is 1. The van der Waals surface area contributed by atoms with Crippen molar-refractivity contribution in [2.45, 2.75) is 49.2 Å². The summed E-state index contributed by atoms with van der Waals surface area (Å²) in [5, 5.41) is 14.9.